The summed E-state index contributed by atoms with van der Waals surface area (Å²) < 4.78 is 44.4. The molecule has 0 aliphatic carbocycles. The molecule has 0 amide bonds. The molecular weight excluding hydrogens is 241 g/mol. The smallest absolute Gasteiger partial charge is 0.238 e. The predicted octanol–water partition coefficient (Wildman–Crippen LogP) is 3.53. The predicted molar refractivity (Wildman–Crippen MR) is 59.6 cm³/mol. The van der Waals surface area contributed by atoms with E-state index in [1.165, 1.54) is 48.5 Å². The van der Waals surface area contributed by atoms with E-state index in [9.17, 15) is 13.2 Å². The second kappa shape index (κ2) is 3.85. The maximum atomic E-state index is 13.6. The molecule has 1 unspecified atom stereocenters. The molecule has 0 saturated carbocycles. The largest absolute Gasteiger partial charge is 0.323 e. The summed E-state index contributed by atoms with van der Waals surface area (Å²) in [6, 6.07) is 10.9. The van der Waals surface area contributed by atoms with Crippen LogP contribution in [0.15, 0.2) is 48.5 Å². The quantitative estimate of drug-likeness (QED) is 0.743. The Morgan fingerprint density at radius 1 is 0.778 bits per heavy atom. The second-order valence-corrected chi connectivity index (χ2v) is 4.18. The van der Waals surface area contributed by atoms with Gasteiger partial charge in [0.25, 0.3) is 0 Å². The molecule has 92 valence electrons. The van der Waals surface area contributed by atoms with Gasteiger partial charge in [0.15, 0.2) is 5.60 Å². The minimum absolute atomic E-state index is 0.399. The van der Waals surface area contributed by atoms with E-state index in [0.29, 0.717) is 11.1 Å². The van der Waals surface area contributed by atoms with E-state index in [1.54, 1.807) is 0 Å². The zero-order valence-corrected chi connectivity index (χ0v) is 9.24. The van der Waals surface area contributed by atoms with E-state index in [2.05, 4.69) is 0 Å². The first-order chi connectivity index (χ1) is 8.63. The van der Waals surface area contributed by atoms with Gasteiger partial charge in [-0.2, -0.15) is 0 Å². The van der Waals surface area contributed by atoms with Gasteiger partial charge >= 0.3 is 0 Å². The van der Waals surface area contributed by atoms with Gasteiger partial charge in [-0.15, -0.1) is 0 Å². The molecule has 2 aromatic carbocycles. The molecule has 0 N–H and O–H groups in total. The van der Waals surface area contributed by atoms with Gasteiger partial charge in [-0.3, -0.25) is 0 Å². The summed E-state index contributed by atoms with van der Waals surface area (Å²) in [7, 11) is 0. The van der Waals surface area contributed by atoms with Gasteiger partial charge in [0.2, 0.25) is 6.36 Å². The topological polar surface area (TPSA) is 12.5 Å². The fourth-order valence-corrected chi connectivity index (χ4v) is 2.09. The molecule has 1 aliphatic rings. The minimum Gasteiger partial charge on any atom is -0.323 e. The molecule has 0 spiro atoms. The van der Waals surface area contributed by atoms with E-state index in [4.69, 9.17) is 4.74 Å². The first kappa shape index (κ1) is 11.3. The van der Waals surface area contributed by atoms with Crippen molar-refractivity contribution < 1.29 is 17.9 Å². The molecular formula is C14H9F3O. The van der Waals surface area contributed by atoms with Crippen LogP contribution in [-0.4, -0.2) is 6.36 Å². The van der Waals surface area contributed by atoms with Crippen LogP contribution in [0.3, 0.4) is 0 Å². The third-order valence-corrected chi connectivity index (χ3v) is 3.10. The molecule has 4 heteroatoms. The Labute approximate surface area is 102 Å². The number of rotatable bonds is 2. The lowest BCUT2D eigenvalue weighted by molar-refractivity contribution is 0.255. The molecule has 0 radical (unpaired) electrons. The number of hydrogen-bond donors (Lipinski definition) is 0. The number of benzene rings is 2. The molecule has 1 fully saturated rings. The van der Waals surface area contributed by atoms with E-state index in [0.717, 1.165) is 0 Å². The van der Waals surface area contributed by atoms with Crippen LogP contribution < -0.4 is 0 Å². The lowest BCUT2D eigenvalue weighted by Gasteiger charge is -2.12. The van der Waals surface area contributed by atoms with Crippen LogP contribution in [0.1, 0.15) is 11.1 Å². The van der Waals surface area contributed by atoms with Crippen LogP contribution >= 0.6 is 0 Å². The summed E-state index contributed by atoms with van der Waals surface area (Å²) in [5.74, 6) is -0.798. The molecule has 1 nitrogen and oxygen atoms in total. The molecule has 1 aliphatic heterocycles. The molecule has 18 heavy (non-hydrogen) atoms. The standard InChI is InChI=1S/C14H9F3O/c15-11-5-1-9(2-6-11)14(13(17)18-14)10-3-7-12(16)8-4-10/h1-8,13H. The van der Waals surface area contributed by atoms with E-state index in [1.807, 2.05) is 0 Å². The Hall–Kier alpha value is -1.81. The molecule has 1 saturated heterocycles. The fraction of sp³-hybridized carbons (Fsp3) is 0.143. The van der Waals surface area contributed by atoms with Gasteiger partial charge in [0.1, 0.15) is 11.6 Å². The van der Waals surface area contributed by atoms with E-state index >= 15 is 0 Å². The summed E-state index contributed by atoms with van der Waals surface area (Å²) in [6.45, 7) is 0. The van der Waals surface area contributed by atoms with Crippen molar-refractivity contribution >= 4 is 0 Å². The van der Waals surface area contributed by atoms with Crippen molar-refractivity contribution in [1.29, 1.82) is 0 Å². The van der Waals surface area contributed by atoms with Crippen molar-refractivity contribution in [3.05, 3.63) is 71.3 Å². The number of halogens is 3. The monoisotopic (exact) mass is 250 g/mol. The summed E-state index contributed by atoms with van der Waals surface area (Å²) in [5, 5.41) is 0. The van der Waals surface area contributed by atoms with Crippen LogP contribution in [0, 0.1) is 11.6 Å². The number of hydrogen-bond acceptors (Lipinski definition) is 1. The lowest BCUT2D eigenvalue weighted by Crippen LogP contribution is -2.13. The molecule has 1 heterocycles. The van der Waals surface area contributed by atoms with Crippen molar-refractivity contribution in [2.45, 2.75) is 12.0 Å². The minimum atomic E-state index is -1.49. The Morgan fingerprint density at radius 3 is 1.39 bits per heavy atom. The fourth-order valence-electron chi connectivity index (χ4n) is 2.09. The highest BCUT2D eigenvalue weighted by Crippen LogP contribution is 2.52. The summed E-state index contributed by atoms with van der Waals surface area (Å²) in [5.41, 5.74) is -0.187. The molecule has 0 bridgehead atoms. The maximum Gasteiger partial charge on any atom is 0.238 e. The third kappa shape index (κ3) is 1.61. The van der Waals surface area contributed by atoms with E-state index in [-0.39, 0.29) is 0 Å². The highest BCUT2D eigenvalue weighted by molar-refractivity contribution is 5.42. The summed E-state index contributed by atoms with van der Waals surface area (Å²) >= 11 is 0. The number of ether oxygens (including phenoxy) is 1. The summed E-state index contributed by atoms with van der Waals surface area (Å²) in [6.07, 6.45) is -1.49. The van der Waals surface area contributed by atoms with Gasteiger partial charge in [0.05, 0.1) is 0 Å². The number of epoxide rings is 1. The van der Waals surface area contributed by atoms with Crippen LogP contribution in [-0.2, 0) is 10.3 Å². The van der Waals surface area contributed by atoms with Crippen molar-refractivity contribution in [3.63, 3.8) is 0 Å². The Balaban J connectivity index is 2.06. The first-order valence-corrected chi connectivity index (χ1v) is 5.47. The Kier molecular flexibility index (Phi) is 2.41. The van der Waals surface area contributed by atoms with Crippen molar-refractivity contribution in [2.75, 3.05) is 0 Å². The number of alkyl halides is 1. The molecule has 1 atom stereocenters. The third-order valence-electron chi connectivity index (χ3n) is 3.10. The lowest BCUT2D eigenvalue weighted by atomic mass is 9.91. The normalized spacial score (nSPS) is 20.7. The zero-order chi connectivity index (χ0) is 12.8. The van der Waals surface area contributed by atoms with Crippen LogP contribution in [0.25, 0.3) is 0 Å². The zero-order valence-electron chi connectivity index (χ0n) is 9.24. The van der Waals surface area contributed by atoms with Gasteiger partial charge in [-0.1, -0.05) is 24.3 Å². The average Bonchev–Trinajstić information content (AvgIpc) is 3.04. The highest BCUT2D eigenvalue weighted by Gasteiger charge is 2.60. The first-order valence-electron chi connectivity index (χ1n) is 5.47. The van der Waals surface area contributed by atoms with Gasteiger partial charge in [-0.05, 0) is 35.4 Å². The van der Waals surface area contributed by atoms with Crippen LogP contribution in [0.2, 0.25) is 0 Å². The Morgan fingerprint density at radius 2 is 1.11 bits per heavy atom. The second-order valence-electron chi connectivity index (χ2n) is 4.18. The van der Waals surface area contributed by atoms with Gasteiger partial charge in [-0.25, -0.2) is 13.2 Å². The SMILES string of the molecule is Fc1ccc(C2(c3ccc(F)cc3)OC2F)cc1. The molecule has 0 aromatic heterocycles. The van der Waals surface area contributed by atoms with Crippen molar-refractivity contribution in [3.8, 4) is 0 Å². The van der Waals surface area contributed by atoms with Gasteiger partial charge < -0.3 is 4.74 Å². The molecule has 2 aromatic rings. The van der Waals surface area contributed by atoms with Crippen molar-refractivity contribution in [1.82, 2.24) is 0 Å². The van der Waals surface area contributed by atoms with Gasteiger partial charge in [0, 0.05) is 0 Å². The maximum absolute atomic E-state index is 13.6. The average molecular weight is 250 g/mol. The Bertz CT molecular complexity index is 517. The molecule has 3 rings (SSSR count). The van der Waals surface area contributed by atoms with Crippen LogP contribution in [0.4, 0.5) is 13.2 Å². The highest BCUT2D eigenvalue weighted by atomic mass is 19.2. The van der Waals surface area contributed by atoms with E-state index < -0.39 is 23.6 Å². The van der Waals surface area contributed by atoms with Crippen LogP contribution in [0.5, 0.6) is 0 Å². The summed E-state index contributed by atoms with van der Waals surface area (Å²) in [4.78, 5) is 0. The van der Waals surface area contributed by atoms with Crippen molar-refractivity contribution in [2.24, 2.45) is 0 Å².